The van der Waals surface area contributed by atoms with Crippen molar-refractivity contribution in [1.29, 1.82) is 0 Å². The van der Waals surface area contributed by atoms with Crippen LogP contribution in [0.2, 0.25) is 5.02 Å². The molecule has 1 aromatic rings. The number of allylic oxidation sites excluding steroid dienone is 1. The van der Waals surface area contributed by atoms with Gasteiger partial charge < -0.3 is 4.90 Å². The second kappa shape index (κ2) is 7.48. The van der Waals surface area contributed by atoms with Gasteiger partial charge in [-0.2, -0.15) is 0 Å². The van der Waals surface area contributed by atoms with Gasteiger partial charge in [0.25, 0.3) is 0 Å². The zero-order valence-electron chi connectivity index (χ0n) is 10.3. The maximum Gasteiger partial charge on any atom is 0.235 e. The maximum atomic E-state index is 13.9. The molecule has 0 N–H and O–H groups in total. The van der Waals surface area contributed by atoms with Gasteiger partial charge in [0.1, 0.15) is 0 Å². The fourth-order valence-corrected chi connectivity index (χ4v) is 2.60. The van der Waals surface area contributed by atoms with E-state index < -0.39 is 5.82 Å². The first-order valence-electron chi connectivity index (χ1n) is 5.56. The van der Waals surface area contributed by atoms with Crippen molar-refractivity contribution in [3.8, 4) is 0 Å². The minimum atomic E-state index is -0.428. The van der Waals surface area contributed by atoms with Crippen LogP contribution in [-0.4, -0.2) is 21.3 Å². The van der Waals surface area contributed by atoms with Gasteiger partial charge in [-0.3, -0.25) is 4.79 Å². The van der Waals surface area contributed by atoms with Crippen LogP contribution in [0.1, 0.15) is 18.9 Å². The SMILES string of the molecule is CCN1C(=O)C(I)C[C-]=C1c1ccc(Cl)cc1F.[Y]. The first kappa shape index (κ1) is 17.5. The number of amides is 1. The number of halogens is 3. The molecule has 1 aromatic carbocycles. The fourth-order valence-electron chi connectivity index (χ4n) is 1.88. The molecule has 1 radical (unpaired) electrons. The molecular weight excluding hydrogens is 456 g/mol. The number of rotatable bonds is 2. The van der Waals surface area contributed by atoms with Gasteiger partial charge in [0.2, 0.25) is 5.91 Å². The van der Waals surface area contributed by atoms with Crippen LogP contribution in [0.25, 0.3) is 5.70 Å². The first-order chi connectivity index (χ1) is 8.54. The van der Waals surface area contributed by atoms with E-state index in [2.05, 4.69) is 28.7 Å². The van der Waals surface area contributed by atoms with E-state index in [1.807, 2.05) is 6.92 Å². The minimum absolute atomic E-state index is 0. The third-order valence-corrected chi connectivity index (χ3v) is 3.96. The molecule has 0 bridgehead atoms. The number of hydrogen-bond acceptors (Lipinski definition) is 1. The second-order valence-electron chi connectivity index (χ2n) is 3.90. The van der Waals surface area contributed by atoms with E-state index in [1.54, 1.807) is 17.0 Å². The van der Waals surface area contributed by atoms with E-state index in [-0.39, 0.29) is 42.5 Å². The summed E-state index contributed by atoms with van der Waals surface area (Å²) in [6.45, 7) is 2.37. The molecule has 1 aliphatic rings. The summed E-state index contributed by atoms with van der Waals surface area (Å²) in [4.78, 5) is 13.6. The van der Waals surface area contributed by atoms with Gasteiger partial charge in [-0.05, 0) is 13.0 Å². The molecule has 1 aliphatic heterocycles. The number of nitrogens with zero attached hydrogens (tertiary/aromatic N) is 1. The fraction of sp³-hybridized carbons (Fsp3) is 0.308. The number of carbonyl (C=O) groups excluding carboxylic acids is 1. The Morgan fingerprint density at radius 3 is 2.84 bits per heavy atom. The van der Waals surface area contributed by atoms with E-state index in [1.165, 1.54) is 6.07 Å². The molecule has 1 unspecified atom stereocenters. The summed E-state index contributed by atoms with van der Waals surface area (Å²) in [6, 6.07) is 4.45. The smallest absolute Gasteiger partial charge is 0.235 e. The van der Waals surface area contributed by atoms with Crippen molar-refractivity contribution in [1.82, 2.24) is 4.90 Å². The van der Waals surface area contributed by atoms with E-state index >= 15 is 0 Å². The molecular formula is C13H11ClFINOY-. The number of alkyl halides is 1. The van der Waals surface area contributed by atoms with Gasteiger partial charge >= 0.3 is 0 Å². The Balaban J connectivity index is 0.00000180. The Morgan fingerprint density at radius 1 is 1.58 bits per heavy atom. The molecule has 0 saturated carbocycles. The topological polar surface area (TPSA) is 20.3 Å². The number of hydrogen-bond donors (Lipinski definition) is 0. The molecule has 0 spiro atoms. The summed E-state index contributed by atoms with van der Waals surface area (Å²) >= 11 is 7.81. The molecule has 2 rings (SSSR count). The van der Waals surface area contributed by atoms with Gasteiger partial charge in [-0.25, -0.2) is 10.5 Å². The van der Waals surface area contributed by atoms with Crippen molar-refractivity contribution in [2.24, 2.45) is 0 Å². The van der Waals surface area contributed by atoms with Crippen molar-refractivity contribution in [3.05, 3.63) is 40.7 Å². The van der Waals surface area contributed by atoms with Gasteiger partial charge in [-0.15, -0.1) is 17.3 Å². The van der Waals surface area contributed by atoms with Crippen LogP contribution < -0.4 is 0 Å². The molecule has 1 amide bonds. The van der Waals surface area contributed by atoms with Gasteiger partial charge in [0.05, 0.1) is 9.74 Å². The second-order valence-corrected chi connectivity index (χ2v) is 5.84. The molecule has 1 atom stereocenters. The average molecular weight is 467 g/mol. The minimum Gasteiger partial charge on any atom is -0.347 e. The molecule has 0 aromatic heterocycles. The van der Waals surface area contributed by atoms with Crippen molar-refractivity contribution in [2.45, 2.75) is 17.3 Å². The van der Waals surface area contributed by atoms with E-state index in [0.29, 0.717) is 29.2 Å². The molecule has 6 heteroatoms. The van der Waals surface area contributed by atoms with Crippen LogP contribution in [0.15, 0.2) is 18.2 Å². The summed E-state index contributed by atoms with van der Waals surface area (Å²) < 4.78 is 13.8. The third kappa shape index (κ3) is 3.77. The molecule has 0 saturated heterocycles. The van der Waals surface area contributed by atoms with Crippen molar-refractivity contribution < 1.29 is 41.9 Å². The number of benzene rings is 1. The van der Waals surface area contributed by atoms with Crippen LogP contribution in [0.4, 0.5) is 4.39 Å². The van der Waals surface area contributed by atoms with Gasteiger partial charge in [-0.1, -0.05) is 46.7 Å². The summed E-state index contributed by atoms with van der Waals surface area (Å²) in [7, 11) is 0. The van der Waals surface area contributed by atoms with E-state index in [4.69, 9.17) is 11.6 Å². The standard InChI is InChI=1S/C13H11ClFINO.Y/c1-2-17-12(6-5-11(16)13(17)18)9-4-3-8(14)7-10(9)15;/h3-4,7,11H,2,5H2,1H3;/q-1;. The molecule has 99 valence electrons. The largest absolute Gasteiger partial charge is 0.347 e. The number of carbonyl (C=O) groups is 1. The molecule has 2 nitrogen and oxygen atoms in total. The summed E-state index contributed by atoms with van der Waals surface area (Å²) in [5, 5.41) is 0.341. The maximum absolute atomic E-state index is 13.9. The average Bonchev–Trinajstić information content (AvgIpc) is 2.33. The Kier molecular flexibility index (Phi) is 6.90. The Morgan fingerprint density at radius 2 is 2.26 bits per heavy atom. The van der Waals surface area contributed by atoms with Gasteiger partial charge in [0, 0.05) is 44.3 Å². The summed E-state index contributed by atoms with van der Waals surface area (Å²) in [6.07, 6.45) is 3.62. The van der Waals surface area contributed by atoms with Crippen LogP contribution >= 0.6 is 34.2 Å². The van der Waals surface area contributed by atoms with E-state index in [9.17, 15) is 9.18 Å². The van der Waals surface area contributed by atoms with Crippen LogP contribution in [0, 0.1) is 11.9 Å². The van der Waals surface area contributed by atoms with Crippen LogP contribution in [-0.2, 0) is 37.5 Å². The Bertz CT molecular complexity index is 523. The van der Waals surface area contributed by atoms with Crippen molar-refractivity contribution in [3.63, 3.8) is 0 Å². The summed E-state index contributed by atoms with van der Waals surface area (Å²) in [5.74, 6) is -0.427. The monoisotopic (exact) mass is 467 g/mol. The third-order valence-electron chi connectivity index (χ3n) is 2.76. The normalized spacial score (nSPS) is 18.9. The molecule has 0 aliphatic carbocycles. The van der Waals surface area contributed by atoms with Crippen LogP contribution in [0.5, 0.6) is 0 Å². The molecule has 19 heavy (non-hydrogen) atoms. The van der Waals surface area contributed by atoms with E-state index in [0.717, 1.165) is 0 Å². The predicted molar refractivity (Wildman–Crippen MR) is 77.9 cm³/mol. The van der Waals surface area contributed by atoms with Crippen LogP contribution in [0.3, 0.4) is 0 Å². The molecule has 0 fully saturated rings. The molecule has 1 heterocycles. The zero-order valence-corrected chi connectivity index (χ0v) is 16.0. The zero-order chi connectivity index (χ0) is 13.3. The van der Waals surface area contributed by atoms with Gasteiger partial charge in [0.15, 0.2) is 0 Å². The van der Waals surface area contributed by atoms with Crippen molar-refractivity contribution in [2.75, 3.05) is 6.54 Å². The van der Waals surface area contributed by atoms with Crippen molar-refractivity contribution >= 4 is 45.8 Å². The Hall–Kier alpha value is 0.484. The predicted octanol–water partition coefficient (Wildman–Crippen LogP) is 3.68. The quantitative estimate of drug-likeness (QED) is 0.369. The Labute approximate surface area is 155 Å². The first-order valence-corrected chi connectivity index (χ1v) is 7.18. The summed E-state index contributed by atoms with van der Waals surface area (Å²) in [5.41, 5.74) is 0.891.